The molecule has 0 saturated heterocycles. The van der Waals surface area contributed by atoms with E-state index in [-0.39, 0.29) is 6.10 Å². The Labute approximate surface area is 72.6 Å². The van der Waals surface area contributed by atoms with Gasteiger partial charge in [0.1, 0.15) is 6.10 Å². The molecule has 0 aliphatic heterocycles. The summed E-state index contributed by atoms with van der Waals surface area (Å²) in [6, 6.07) is 0. The van der Waals surface area contributed by atoms with Gasteiger partial charge in [0.05, 0.1) is 0 Å². The van der Waals surface area contributed by atoms with Crippen molar-refractivity contribution in [3.63, 3.8) is 0 Å². The molecule has 0 aromatic rings. The molecular weight excluding hydrogens is 152 g/mol. The molecule has 3 atom stereocenters. The molecule has 2 nitrogen and oxygen atoms in total. The molecule has 0 N–H and O–H groups in total. The van der Waals surface area contributed by atoms with Crippen LogP contribution in [0.3, 0.4) is 0 Å². The van der Waals surface area contributed by atoms with Crippen LogP contribution in [-0.2, 0) is 9.53 Å². The van der Waals surface area contributed by atoms with Gasteiger partial charge in [-0.3, -0.25) is 4.79 Å². The normalized spacial score (nSPS) is 39.2. The molecular formula is C10H14O2. The Balaban J connectivity index is 2.01. The van der Waals surface area contributed by atoms with Crippen molar-refractivity contribution < 1.29 is 9.53 Å². The van der Waals surface area contributed by atoms with Gasteiger partial charge in [0, 0.05) is 5.92 Å². The lowest BCUT2D eigenvalue weighted by Gasteiger charge is -2.24. The summed E-state index contributed by atoms with van der Waals surface area (Å²) in [5.41, 5.74) is 0. The van der Waals surface area contributed by atoms with Crippen molar-refractivity contribution in [2.24, 2.45) is 11.8 Å². The second-order valence-electron chi connectivity index (χ2n) is 3.71. The van der Waals surface area contributed by atoms with Gasteiger partial charge >= 0.3 is 0 Å². The van der Waals surface area contributed by atoms with Crippen LogP contribution in [0, 0.1) is 11.8 Å². The molecule has 1 saturated carbocycles. The molecule has 3 unspecified atom stereocenters. The molecule has 0 amide bonds. The van der Waals surface area contributed by atoms with Crippen LogP contribution in [0.4, 0.5) is 0 Å². The number of ether oxygens (including phenoxy) is 1. The molecule has 66 valence electrons. The number of carbonyl (C=O) groups excluding carboxylic acids is 1. The zero-order valence-electron chi connectivity index (χ0n) is 7.11. The summed E-state index contributed by atoms with van der Waals surface area (Å²) in [5.74, 6) is 1.39. The standard InChI is InChI=1S/C10H14O2/c11-7-12-10-6-5-8-3-1-2-4-9(8)10/h1-2,7-10H,3-6H2. The Morgan fingerprint density at radius 1 is 1.25 bits per heavy atom. The van der Waals surface area contributed by atoms with E-state index < -0.39 is 0 Å². The first-order valence-corrected chi connectivity index (χ1v) is 4.66. The topological polar surface area (TPSA) is 26.3 Å². The van der Waals surface area contributed by atoms with Crippen molar-refractivity contribution in [2.45, 2.75) is 31.8 Å². The maximum atomic E-state index is 10.2. The number of hydrogen-bond donors (Lipinski definition) is 0. The first-order valence-electron chi connectivity index (χ1n) is 4.66. The van der Waals surface area contributed by atoms with Gasteiger partial charge in [0.2, 0.25) is 0 Å². The summed E-state index contributed by atoms with van der Waals surface area (Å²) < 4.78 is 5.06. The molecule has 0 aromatic carbocycles. The largest absolute Gasteiger partial charge is 0.464 e. The van der Waals surface area contributed by atoms with E-state index in [1.54, 1.807) is 0 Å². The van der Waals surface area contributed by atoms with Gasteiger partial charge < -0.3 is 4.74 Å². The third kappa shape index (κ3) is 1.26. The van der Waals surface area contributed by atoms with Crippen molar-refractivity contribution in [1.29, 1.82) is 0 Å². The summed E-state index contributed by atoms with van der Waals surface area (Å²) in [7, 11) is 0. The molecule has 2 aliphatic carbocycles. The van der Waals surface area contributed by atoms with Crippen LogP contribution in [0.2, 0.25) is 0 Å². The minimum atomic E-state index is 0.206. The minimum absolute atomic E-state index is 0.206. The van der Waals surface area contributed by atoms with E-state index in [4.69, 9.17) is 4.74 Å². The number of hydrogen-bond acceptors (Lipinski definition) is 2. The zero-order chi connectivity index (χ0) is 8.39. The first-order chi connectivity index (χ1) is 5.92. The minimum Gasteiger partial charge on any atom is -0.464 e. The van der Waals surface area contributed by atoms with Crippen molar-refractivity contribution in [3.8, 4) is 0 Å². The maximum absolute atomic E-state index is 10.2. The van der Waals surface area contributed by atoms with Gasteiger partial charge in [-0.2, -0.15) is 0 Å². The van der Waals surface area contributed by atoms with Crippen LogP contribution in [-0.4, -0.2) is 12.6 Å². The fraction of sp³-hybridized carbons (Fsp3) is 0.700. The number of rotatable bonds is 2. The monoisotopic (exact) mass is 166 g/mol. The Morgan fingerprint density at radius 3 is 2.92 bits per heavy atom. The Morgan fingerprint density at radius 2 is 2.08 bits per heavy atom. The van der Waals surface area contributed by atoms with Crippen LogP contribution in [0.25, 0.3) is 0 Å². The second kappa shape index (κ2) is 3.30. The molecule has 0 radical (unpaired) electrons. The van der Waals surface area contributed by atoms with Crippen LogP contribution >= 0.6 is 0 Å². The smallest absolute Gasteiger partial charge is 0.293 e. The molecule has 0 heterocycles. The second-order valence-corrected chi connectivity index (χ2v) is 3.71. The fourth-order valence-electron chi connectivity index (χ4n) is 2.51. The van der Waals surface area contributed by atoms with Crippen molar-refractivity contribution in [2.75, 3.05) is 0 Å². The highest BCUT2D eigenvalue weighted by Gasteiger charge is 2.36. The molecule has 2 aliphatic rings. The molecule has 1 fully saturated rings. The SMILES string of the molecule is O=COC1CCC2CC=CCC21. The summed E-state index contributed by atoms with van der Waals surface area (Å²) in [5, 5.41) is 0. The van der Waals surface area contributed by atoms with E-state index in [2.05, 4.69) is 12.2 Å². The molecule has 12 heavy (non-hydrogen) atoms. The van der Waals surface area contributed by atoms with Crippen molar-refractivity contribution in [1.82, 2.24) is 0 Å². The van der Waals surface area contributed by atoms with E-state index in [1.165, 1.54) is 12.8 Å². The van der Waals surface area contributed by atoms with Crippen LogP contribution < -0.4 is 0 Å². The number of allylic oxidation sites excluding steroid dienone is 2. The highest BCUT2D eigenvalue weighted by Crippen LogP contribution is 2.40. The Bertz CT molecular complexity index is 198. The average molecular weight is 166 g/mol. The third-order valence-corrected chi connectivity index (χ3v) is 3.15. The summed E-state index contributed by atoms with van der Waals surface area (Å²) in [4.78, 5) is 10.2. The summed E-state index contributed by atoms with van der Waals surface area (Å²) in [6.07, 6.45) is 9.26. The molecule has 0 bridgehead atoms. The van der Waals surface area contributed by atoms with Gasteiger partial charge in [0.25, 0.3) is 6.47 Å². The highest BCUT2D eigenvalue weighted by atomic mass is 16.5. The van der Waals surface area contributed by atoms with E-state index in [1.807, 2.05) is 0 Å². The van der Waals surface area contributed by atoms with Crippen LogP contribution in [0.5, 0.6) is 0 Å². The lowest BCUT2D eigenvalue weighted by molar-refractivity contribution is -0.135. The molecule has 0 aromatic heterocycles. The Hall–Kier alpha value is -0.790. The quantitative estimate of drug-likeness (QED) is 0.462. The molecule has 0 spiro atoms. The van der Waals surface area contributed by atoms with E-state index in [0.29, 0.717) is 12.4 Å². The molecule has 2 rings (SSSR count). The lowest BCUT2D eigenvalue weighted by Crippen LogP contribution is -2.22. The van der Waals surface area contributed by atoms with Gasteiger partial charge in [-0.25, -0.2) is 0 Å². The first kappa shape index (κ1) is 7.84. The highest BCUT2D eigenvalue weighted by molar-refractivity contribution is 5.37. The zero-order valence-corrected chi connectivity index (χ0v) is 7.11. The third-order valence-electron chi connectivity index (χ3n) is 3.15. The molecule has 2 heteroatoms. The lowest BCUT2D eigenvalue weighted by atomic mass is 9.85. The van der Waals surface area contributed by atoms with Crippen LogP contribution in [0.15, 0.2) is 12.2 Å². The van der Waals surface area contributed by atoms with E-state index >= 15 is 0 Å². The van der Waals surface area contributed by atoms with Crippen LogP contribution in [0.1, 0.15) is 25.7 Å². The van der Waals surface area contributed by atoms with E-state index in [9.17, 15) is 4.79 Å². The summed E-state index contributed by atoms with van der Waals surface area (Å²) in [6.45, 7) is 0.603. The van der Waals surface area contributed by atoms with Gasteiger partial charge in [-0.1, -0.05) is 12.2 Å². The summed E-state index contributed by atoms with van der Waals surface area (Å²) >= 11 is 0. The number of carbonyl (C=O) groups is 1. The van der Waals surface area contributed by atoms with Crippen molar-refractivity contribution in [3.05, 3.63) is 12.2 Å². The predicted molar refractivity (Wildman–Crippen MR) is 45.5 cm³/mol. The maximum Gasteiger partial charge on any atom is 0.293 e. The van der Waals surface area contributed by atoms with Gasteiger partial charge in [0.15, 0.2) is 0 Å². The Kier molecular flexibility index (Phi) is 2.15. The average Bonchev–Trinajstić information content (AvgIpc) is 2.50. The van der Waals surface area contributed by atoms with Gasteiger partial charge in [-0.15, -0.1) is 0 Å². The van der Waals surface area contributed by atoms with Crippen molar-refractivity contribution >= 4 is 6.47 Å². The fourth-order valence-corrected chi connectivity index (χ4v) is 2.51. The predicted octanol–water partition coefficient (Wildman–Crippen LogP) is 1.90. The number of fused-ring (bicyclic) bond motifs is 1. The van der Waals surface area contributed by atoms with E-state index in [0.717, 1.165) is 18.8 Å². The van der Waals surface area contributed by atoms with Gasteiger partial charge in [-0.05, 0) is 31.6 Å².